The van der Waals surface area contributed by atoms with E-state index in [4.69, 9.17) is 9.47 Å². The second-order valence-corrected chi connectivity index (χ2v) is 13.0. The van der Waals surface area contributed by atoms with Gasteiger partial charge in [0.1, 0.15) is 6.29 Å². The van der Waals surface area contributed by atoms with Gasteiger partial charge in [-0.15, -0.1) is 0 Å². The fourth-order valence-electron chi connectivity index (χ4n) is 4.24. The molecule has 1 aromatic rings. The summed E-state index contributed by atoms with van der Waals surface area (Å²) in [7, 11) is -1.83. The molecule has 0 amide bonds. The van der Waals surface area contributed by atoms with E-state index in [1.165, 1.54) is 5.56 Å². The molecule has 0 heterocycles. The lowest BCUT2D eigenvalue weighted by Gasteiger charge is -2.24. The summed E-state index contributed by atoms with van der Waals surface area (Å²) in [6.45, 7) is 8.37. The Labute approximate surface area is 174 Å². The molecule has 29 heavy (non-hydrogen) atoms. The van der Waals surface area contributed by atoms with Crippen LogP contribution in [0.1, 0.15) is 38.7 Å². The third-order valence-electron chi connectivity index (χ3n) is 5.42. The van der Waals surface area contributed by atoms with Crippen molar-refractivity contribution in [3.05, 3.63) is 47.2 Å². The highest BCUT2D eigenvalue weighted by Crippen LogP contribution is 2.49. The summed E-state index contributed by atoms with van der Waals surface area (Å²) < 4.78 is 10.5. The van der Waals surface area contributed by atoms with Crippen LogP contribution in [0, 0.1) is 11.3 Å². The van der Waals surface area contributed by atoms with Gasteiger partial charge in [-0.1, -0.05) is 60.3 Å². The minimum Gasteiger partial charge on any atom is -0.465 e. The molecule has 6 heteroatoms. The molecule has 1 saturated carbocycles. The summed E-state index contributed by atoms with van der Waals surface area (Å²) in [5.41, 5.74) is 3.22. The number of aldehydes is 1. The molecule has 0 N–H and O–H groups in total. The number of hydrogen-bond acceptors (Lipinski definition) is 5. The Morgan fingerprint density at radius 3 is 2.21 bits per heavy atom. The Bertz CT molecular complexity index is 736. The molecule has 5 nitrogen and oxygen atoms in total. The average molecular weight is 417 g/mol. The topological polar surface area (TPSA) is 69.7 Å². The van der Waals surface area contributed by atoms with E-state index in [0.29, 0.717) is 6.42 Å². The van der Waals surface area contributed by atoms with Gasteiger partial charge in [0.2, 0.25) is 0 Å². The number of carbonyl (C=O) groups excluding carboxylic acids is 3. The van der Waals surface area contributed by atoms with Gasteiger partial charge in [0.05, 0.1) is 21.3 Å². The first-order valence-corrected chi connectivity index (χ1v) is 13.6. The van der Waals surface area contributed by atoms with E-state index in [1.807, 2.05) is 18.2 Å². The first-order valence-electron chi connectivity index (χ1n) is 10.3. The van der Waals surface area contributed by atoms with E-state index >= 15 is 0 Å². The minimum atomic E-state index is -1.83. The summed E-state index contributed by atoms with van der Waals surface area (Å²) in [5, 5.41) is 0. The van der Waals surface area contributed by atoms with Crippen LogP contribution in [-0.4, -0.2) is 39.5 Å². The van der Waals surface area contributed by atoms with Crippen LogP contribution in [0.3, 0.4) is 0 Å². The molecule has 2 rings (SSSR count). The van der Waals surface area contributed by atoms with Crippen LogP contribution in [0.25, 0.3) is 0 Å². The van der Waals surface area contributed by atoms with E-state index < -0.39 is 25.4 Å². The van der Waals surface area contributed by atoms with E-state index in [1.54, 1.807) is 13.8 Å². The lowest BCUT2D eigenvalue weighted by Crippen LogP contribution is -2.40. The van der Waals surface area contributed by atoms with Crippen LogP contribution in [0.15, 0.2) is 41.6 Å². The van der Waals surface area contributed by atoms with Crippen molar-refractivity contribution in [2.45, 2.75) is 52.2 Å². The van der Waals surface area contributed by atoms with Crippen molar-refractivity contribution in [1.29, 1.82) is 0 Å². The predicted octanol–water partition coefficient (Wildman–Crippen LogP) is 4.05. The van der Waals surface area contributed by atoms with Crippen LogP contribution < -0.4 is 0 Å². The number of ether oxygens (including phenoxy) is 2. The molecule has 0 aliphatic heterocycles. The Hall–Kier alpha value is -2.21. The van der Waals surface area contributed by atoms with Crippen molar-refractivity contribution in [3.63, 3.8) is 0 Å². The van der Waals surface area contributed by atoms with E-state index in [0.717, 1.165) is 17.9 Å². The molecular formula is C23H32O5Si. The molecule has 158 valence electrons. The van der Waals surface area contributed by atoms with E-state index in [-0.39, 0.29) is 32.0 Å². The van der Waals surface area contributed by atoms with Gasteiger partial charge in [0.25, 0.3) is 0 Å². The fraction of sp³-hybridized carbons (Fsp3) is 0.522. The second-order valence-electron chi connectivity index (χ2n) is 8.37. The van der Waals surface area contributed by atoms with Gasteiger partial charge < -0.3 is 14.3 Å². The number of allylic oxidation sites excluding steroid dienone is 1. The van der Waals surface area contributed by atoms with Gasteiger partial charge in [0.15, 0.2) is 5.41 Å². The summed E-state index contributed by atoms with van der Waals surface area (Å²) >= 11 is 0. The molecular weight excluding hydrogens is 384 g/mol. The quantitative estimate of drug-likeness (QED) is 0.263. The second kappa shape index (κ2) is 10.0. The highest BCUT2D eigenvalue weighted by atomic mass is 28.3. The molecule has 0 aromatic heterocycles. The normalized spacial score (nSPS) is 19.7. The number of carbonyl (C=O) groups is 3. The van der Waals surface area contributed by atoms with Gasteiger partial charge in [-0.05, 0) is 38.7 Å². The Morgan fingerprint density at radius 2 is 1.69 bits per heavy atom. The Morgan fingerprint density at radius 1 is 1.10 bits per heavy atom. The van der Waals surface area contributed by atoms with Crippen LogP contribution in [-0.2, 0) is 29.9 Å². The molecule has 0 saturated heterocycles. The minimum absolute atomic E-state index is 0.135. The molecule has 1 aliphatic carbocycles. The van der Waals surface area contributed by atoms with Crippen molar-refractivity contribution in [2.75, 3.05) is 13.2 Å². The van der Waals surface area contributed by atoms with Gasteiger partial charge in [-0.2, -0.15) is 0 Å². The summed E-state index contributed by atoms with van der Waals surface area (Å²) in [6.07, 6.45) is 1.71. The number of hydrogen-bond donors (Lipinski definition) is 0. The zero-order valence-corrected chi connectivity index (χ0v) is 18.9. The Balaban J connectivity index is 2.38. The first kappa shape index (κ1) is 23.1. The largest absolute Gasteiger partial charge is 0.465 e. The predicted molar refractivity (Wildman–Crippen MR) is 115 cm³/mol. The van der Waals surface area contributed by atoms with Crippen LogP contribution >= 0.6 is 0 Å². The first-order chi connectivity index (χ1) is 13.8. The van der Waals surface area contributed by atoms with Crippen molar-refractivity contribution in [3.8, 4) is 0 Å². The molecule has 0 spiro atoms. The van der Waals surface area contributed by atoms with Gasteiger partial charge in [-0.25, -0.2) is 0 Å². The van der Waals surface area contributed by atoms with E-state index in [9.17, 15) is 14.4 Å². The lowest BCUT2D eigenvalue weighted by molar-refractivity contribution is -0.171. The maximum absolute atomic E-state index is 12.8. The van der Waals surface area contributed by atoms with Crippen molar-refractivity contribution in [1.82, 2.24) is 0 Å². The molecule has 0 radical (unpaired) electrons. The number of rotatable bonds is 9. The summed E-state index contributed by atoms with van der Waals surface area (Å²) in [4.78, 5) is 36.9. The number of esters is 2. The van der Waals surface area contributed by atoms with Crippen LogP contribution in [0.2, 0.25) is 13.1 Å². The van der Waals surface area contributed by atoms with Crippen molar-refractivity contribution >= 4 is 26.3 Å². The number of benzene rings is 1. The van der Waals surface area contributed by atoms with Gasteiger partial charge in [0, 0.05) is 6.42 Å². The smallest absolute Gasteiger partial charge is 0.323 e. The third kappa shape index (κ3) is 5.66. The highest BCUT2D eigenvalue weighted by Gasteiger charge is 2.55. The zero-order chi connectivity index (χ0) is 21.5. The Kier molecular flexibility index (Phi) is 7.96. The highest BCUT2D eigenvalue weighted by molar-refractivity contribution is 6.81. The SMILES string of the molecule is CCOC(=O)C1(C(=O)OCC)C/C(=C/[Si](C)(C)Cc2ccccc2)C(CC=O)C1. The van der Waals surface area contributed by atoms with Crippen molar-refractivity contribution < 1.29 is 23.9 Å². The third-order valence-corrected chi connectivity index (χ3v) is 7.89. The molecule has 1 aromatic carbocycles. The zero-order valence-electron chi connectivity index (χ0n) is 17.9. The average Bonchev–Trinajstić information content (AvgIpc) is 3.02. The molecule has 1 unspecified atom stereocenters. The molecule has 1 atom stereocenters. The summed E-state index contributed by atoms with van der Waals surface area (Å²) in [6, 6.07) is 11.3. The van der Waals surface area contributed by atoms with Gasteiger partial charge >= 0.3 is 11.9 Å². The summed E-state index contributed by atoms with van der Waals surface area (Å²) in [5.74, 6) is -1.22. The fourth-order valence-corrected chi connectivity index (χ4v) is 6.98. The maximum Gasteiger partial charge on any atom is 0.323 e. The lowest BCUT2D eigenvalue weighted by atomic mass is 9.85. The molecule has 0 bridgehead atoms. The van der Waals surface area contributed by atoms with Crippen LogP contribution in [0.5, 0.6) is 0 Å². The molecule has 1 aliphatic rings. The maximum atomic E-state index is 12.8. The molecule has 1 fully saturated rings. The van der Waals surface area contributed by atoms with Crippen LogP contribution in [0.4, 0.5) is 0 Å². The monoisotopic (exact) mass is 416 g/mol. The van der Waals surface area contributed by atoms with Crippen molar-refractivity contribution in [2.24, 2.45) is 11.3 Å². The van der Waals surface area contributed by atoms with Gasteiger partial charge in [-0.3, -0.25) is 9.59 Å². The standard InChI is InChI=1S/C23H32O5Si/c1-5-27-21(25)23(22(26)28-6-2)14-19(12-13-24)20(15-23)17-29(3,4)16-18-10-8-7-9-11-18/h7-11,13,17,19H,5-6,12,14-16H2,1-4H3/b20-17-. The van der Waals surface area contributed by atoms with E-state index in [2.05, 4.69) is 30.9 Å².